The Hall–Kier alpha value is -3.56. The van der Waals surface area contributed by atoms with Crippen LogP contribution in [0.3, 0.4) is 0 Å². The highest BCUT2D eigenvalue weighted by atomic mass is 16.4. The van der Waals surface area contributed by atoms with Crippen LogP contribution in [0.1, 0.15) is 53.2 Å². The van der Waals surface area contributed by atoms with Crippen molar-refractivity contribution in [3.05, 3.63) is 56.6 Å². The first kappa shape index (κ1) is 21.7. The maximum Gasteiger partial charge on any atom is 0.291 e. The van der Waals surface area contributed by atoms with Gasteiger partial charge < -0.3 is 29.7 Å². The minimum absolute atomic E-state index is 0.361. The summed E-state index contributed by atoms with van der Waals surface area (Å²) in [6, 6.07) is 2.04. The van der Waals surface area contributed by atoms with E-state index in [2.05, 4.69) is 10.6 Å². The summed E-state index contributed by atoms with van der Waals surface area (Å²) in [6.07, 6.45) is 5.99. The highest BCUT2D eigenvalue weighted by Crippen LogP contribution is 2.11. The molecule has 156 valence electrons. The molecule has 2 aromatic rings. The molecular weight excluding hydrogens is 384 g/mol. The Kier molecular flexibility index (Phi) is 8.01. The first-order valence-corrected chi connectivity index (χ1v) is 9.09. The van der Waals surface area contributed by atoms with Crippen molar-refractivity contribution in [2.24, 2.45) is 0 Å². The van der Waals surface area contributed by atoms with Crippen LogP contribution < -0.4 is 21.5 Å². The van der Waals surface area contributed by atoms with Crippen LogP contribution in [0.25, 0.3) is 0 Å². The number of unbranched alkanes of at least 4 members (excludes halogenated alkanes) is 4. The van der Waals surface area contributed by atoms with Gasteiger partial charge in [0.05, 0.1) is 12.5 Å². The summed E-state index contributed by atoms with van der Waals surface area (Å²) >= 11 is 0. The molecule has 2 amide bonds. The summed E-state index contributed by atoms with van der Waals surface area (Å²) in [4.78, 5) is 46.2. The average Bonchev–Trinajstić information content (AvgIpc) is 2.70. The zero-order valence-corrected chi connectivity index (χ0v) is 15.6. The molecule has 0 atom stereocenters. The minimum atomic E-state index is -0.713. The maximum atomic E-state index is 11.8. The quantitative estimate of drug-likeness (QED) is 0.427. The van der Waals surface area contributed by atoms with Crippen LogP contribution in [0.4, 0.5) is 0 Å². The van der Waals surface area contributed by atoms with Gasteiger partial charge in [0.2, 0.25) is 33.9 Å². The first-order valence-electron chi connectivity index (χ1n) is 9.09. The molecule has 0 saturated heterocycles. The predicted octanol–water partition coefficient (Wildman–Crippen LogP) is 1.11. The van der Waals surface area contributed by atoms with Gasteiger partial charge in [-0.05, 0) is 12.8 Å². The molecule has 2 rings (SSSR count). The van der Waals surface area contributed by atoms with Crippen LogP contribution >= 0.6 is 0 Å². The minimum Gasteiger partial charge on any atom is -0.501 e. The summed E-state index contributed by atoms with van der Waals surface area (Å²) in [5.41, 5.74) is -1.36. The van der Waals surface area contributed by atoms with Crippen molar-refractivity contribution in [2.45, 2.75) is 32.1 Å². The zero-order valence-electron chi connectivity index (χ0n) is 15.6. The second-order valence-corrected chi connectivity index (χ2v) is 6.20. The molecule has 2 aromatic heterocycles. The summed E-state index contributed by atoms with van der Waals surface area (Å²) in [5.74, 6) is -3.55. The number of carbonyl (C=O) groups excluding carboxylic acids is 2. The van der Waals surface area contributed by atoms with Gasteiger partial charge in [0.15, 0.2) is 0 Å². The second kappa shape index (κ2) is 10.7. The standard InChI is InChI=1S/C19H22N2O8/c22-12-6-10-28-16(14(12)24)18(26)20-8-4-2-1-3-5-9-21-19(27)17-15(25)13(23)7-11-29-17/h6-7,10-11,24-25H,1-5,8-9H2,(H,20,26)(H,21,27). The van der Waals surface area contributed by atoms with E-state index in [4.69, 9.17) is 8.83 Å². The van der Waals surface area contributed by atoms with Crippen LogP contribution in [0.5, 0.6) is 11.5 Å². The molecule has 2 heterocycles. The second-order valence-electron chi connectivity index (χ2n) is 6.20. The molecule has 10 nitrogen and oxygen atoms in total. The van der Waals surface area contributed by atoms with Gasteiger partial charge in [0, 0.05) is 25.2 Å². The fraction of sp³-hybridized carbons (Fsp3) is 0.368. The SMILES string of the molecule is O=C(NCCCCCCCNC(=O)c1occc(=O)c1O)c1occc(=O)c1O. The number of aromatic hydroxyl groups is 2. The number of hydrogen-bond donors (Lipinski definition) is 4. The Balaban J connectivity index is 1.56. The Morgan fingerprint density at radius 3 is 1.52 bits per heavy atom. The molecule has 0 spiro atoms. The van der Waals surface area contributed by atoms with Crippen molar-refractivity contribution in [1.82, 2.24) is 10.6 Å². The summed E-state index contributed by atoms with van der Waals surface area (Å²) in [7, 11) is 0. The molecule has 10 heteroatoms. The van der Waals surface area contributed by atoms with Crippen molar-refractivity contribution in [3.63, 3.8) is 0 Å². The summed E-state index contributed by atoms with van der Waals surface area (Å²) in [6.45, 7) is 0.722. The third-order valence-electron chi connectivity index (χ3n) is 4.04. The van der Waals surface area contributed by atoms with E-state index < -0.39 is 45.7 Å². The molecule has 0 aliphatic rings. The third kappa shape index (κ3) is 6.23. The van der Waals surface area contributed by atoms with E-state index in [1.165, 1.54) is 0 Å². The van der Waals surface area contributed by atoms with Crippen LogP contribution in [-0.2, 0) is 0 Å². The molecule has 0 aliphatic carbocycles. The molecule has 0 saturated carbocycles. The average molecular weight is 406 g/mol. The molecule has 0 aromatic carbocycles. The zero-order chi connectivity index (χ0) is 21.2. The largest absolute Gasteiger partial charge is 0.501 e. The van der Waals surface area contributed by atoms with E-state index in [1.54, 1.807) is 0 Å². The molecule has 0 radical (unpaired) electrons. The smallest absolute Gasteiger partial charge is 0.291 e. The third-order valence-corrected chi connectivity index (χ3v) is 4.04. The van der Waals surface area contributed by atoms with E-state index in [1.807, 2.05) is 0 Å². The Labute approximate surface area is 165 Å². The molecule has 0 aliphatic heterocycles. The normalized spacial score (nSPS) is 10.5. The van der Waals surface area contributed by atoms with Crippen LogP contribution in [0.15, 0.2) is 43.1 Å². The lowest BCUT2D eigenvalue weighted by molar-refractivity contribution is 0.0910. The molecule has 0 bridgehead atoms. The number of hydrogen-bond acceptors (Lipinski definition) is 8. The molecule has 0 unspecified atom stereocenters. The van der Waals surface area contributed by atoms with Gasteiger partial charge in [0.25, 0.3) is 11.8 Å². The fourth-order valence-corrected chi connectivity index (χ4v) is 2.49. The number of amides is 2. The maximum absolute atomic E-state index is 11.8. The lowest BCUT2D eigenvalue weighted by atomic mass is 10.1. The lowest BCUT2D eigenvalue weighted by Gasteiger charge is -2.06. The monoisotopic (exact) mass is 406 g/mol. The van der Waals surface area contributed by atoms with Crippen LogP contribution in [-0.4, -0.2) is 35.1 Å². The van der Waals surface area contributed by atoms with Crippen molar-refractivity contribution < 1.29 is 28.6 Å². The van der Waals surface area contributed by atoms with E-state index >= 15 is 0 Å². The summed E-state index contributed by atoms with van der Waals surface area (Å²) in [5, 5.41) is 24.1. The number of rotatable bonds is 10. The Morgan fingerprint density at radius 1 is 0.724 bits per heavy atom. The van der Waals surface area contributed by atoms with E-state index in [9.17, 15) is 29.4 Å². The van der Waals surface area contributed by atoms with Gasteiger partial charge in [-0.25, -0.2) is 0 Å². The van der Waals surface area contributed by atoms with E-state index in [0.717, 1.165) is 43.9 Å². The van der Waals surface area contributed by atoms with Gasteiger partial charge in [-0.1, -0.05) is 19.3 Å². The molecule has 0 fully saturated rings. The fourth-order valence-electron chi connectivity index (χ4n) is 2.49. The Morgan fingerprint density at radius 2 is 1.10 bits per heavy atom. The van der Waals surface area contributed by atoms with Crippen LogP contribution in [0.2, 0.25) is 0 Å². The highest BCUT2D eigenvalue weighted by molar-refractivity contribution is 5.94. The van der Waals surface area contributed by atoms with Gasteiger partial charge >= 0.3 is 0 Å². The number of nitrogens with one attached hydrogen (secondary N) is 2. The lowest BCUT2D eigenvalue weighted by Crippen LogP contribution is -2.26. The van der Waals surface area contributed by atoms with Crippen molar-refractivity contribution in [1.29, 1.82) is 0 Å². The van der Waals surface area contributed by atoms with E-state index in [0.29, 0.717) is 25.9 Å². The topological polar surface area (TPSA) is 159 Å². The predicted molar refractivity (Wildman–Crippen MR) is 101 cm³/mol. The first-order chi connectivity index (χ1) is 13.9. The van der Waals surface area contributed by atoms with E-state index in [-0.39, 0.29) is 0 Å². The molecule has 29 heavy (non-hydrogen) atoms. The van der Waals surface area contributed by atoms with Gasteiger partial charge in [-0.2, -0.15) is 0 Å². The van der Waals surface area contributed by atoms with Gasteiger partial charge in [-0.15, -0.1) is 0 Å². The molecular formula is C19H22N2O8. The van der Waals surface area contributed by atoms with Crippen molar-refractivity contribution in [2.75, 3.05) is 13.1 Å². The summed E-state index contributed by atoms with van der Waals surface area (Å²) < 4.78 is 9.70. The Bertz CT molecular complexity index is 886. The molecule has 4 N–H and O–H groups in total. The number of carbonyl (C=O) groups is 2. The van der Waals surface area contributed by atoms with Gasteiger partial charge in [-0.3, -0.25) is 19.2 Å². The van der Waals surface area contributed by atoms with Gasteiger partial charge in [0.1, 0.15) is 0 Å². The van der Waals surface area contributed by atoms with Crippen molar-refractivity contribution >= 4 is 11.8 Å². The highest BCUT2D eigenvalue weighted by Gasteiger charge is 2.16. The van der Waals surface area contributed by atoms with Crippen LogP contribution in [0, 0.1) is 0 Å². The van der Waals surface area contributed by atoms with Crippen molar-refractivity contribution in [3.8, 4) is 11.5 Å².